The lowest BCUT2D eigenvalue weighted by atomic mass is 10.1. The zero-order valence-electron chi connectivity index (χ0n) is 8.39. The molecule has 16 heavy (non-hydrogen) atoms. The normalized spacial score (nSPS) is 13.9. The van der Waals surface area contributed by atoms with Crippen LogP contribution in [-0.4, -0.2) is 28.4 Å². The average molecular weight is 217 g/mol. The fourth-order valence-corrected chi connectivity index (χ4v) is 1.53. The number of hydrogen-bond donors (Lipinski definition) is 0. The second-order valence-electron chi connectivity index (χ2n) is 3.35. The maximum atomic E-state index is 11.7. The van der Waals surface area contributed by atoms with Gasteiger partial charge in [-0.15, -0.1) is 0 Å². The van der Waals surface area contributed by atoms with Gasteiger partial charge in [-0.25, -0.2) is 4.90 Å². The van der Waals surface area contributed by atoms with Gasteiger partial charge in [0.2, 0.25) is 5.78 Å². The molecule has 0 unspecified atom stereocenters. The monoisotopic (exact) mass is 217 g/mol. The molecule has 0 saturated carbocycles. The molecule has 0 aromatic heterocycles. The van der Waals surface area contributed by atoms with E-state index in [1.165, 1.54) is 12.1 Å². The molecule has 0 aliphatic carbocycles. The molecule has 80 valence electrons. The number of amides is 3. The number of benzene rings is 1. The Labute approximate surface area is 90.7 Å². The first kappa shape index (κ1) is 10.2. The van der Waals surface area contributed by atoms with Crippen LogP contribution < -0.4 is 0 Å². The van der Waals surface area contributed by atoms with Crippen LogP contribution in [0.15, 0.2) is 24.3 Å². The molecular weight excluding hydrogens is 210 g/mol. The van der Waals surface area contributed by atoms with Crippen LogP contribution in [0.1, 0.15) is 27.6 Å². The summed E-state index contributed by atoms with van der Waals surface area (Å²) in [5, 5.41) is 0. The van der Waals surface area contributed by atoms with Gasteiger partial charge in [0, 0.05) is 6.92 Å². The van der Waals surface area contributed by atoms with E-state index in [-0.39, 0.29) is 11.1 Å². The number of Topliss-reactive ketones (excluding diaryl/α,β-unsaturated/α-hetero) is 1. The van der Waals surface area contributed by atoms with Gasteiger partial charge in [-0.3, -0.25) is 19.2 Å². The Morgan fingerprint density at radius 1 is 1.00 bits per heavy atom. The molecule has 3 amide bonds. The van der Waals surface area contributed by atoms with E-state index in [2.05, 4.69) is 0 Å². The Hall–Kier alpha value is -2.30. The molecule has 1 aliphatic rings. The van der Waals surface area contributed by atoms with Crippen molar-refractivity contribution in [3.8, 4) is 0 Å². The van der Waals surface area contributed by atoms with Crippen LogP contribution in [0.5, 0.6) is 0 Å². The summed E-state index contributed by atoms with van der Waals surface area (Å²) in [4.78, 5) is 46.0. The van der Waals surface area contributed by atoms with Crippen LogP contribution in [0.4, 0.5) is 0 Å². The molecule has 0 bridgehead atoms. The van der Waals surface area contributed by atoms with Crippen LogP contribution in [0.2, 0.25) is 0 Å². The number of nitrogens with zero attached hydrogens (tertiary/aromatic N) is 1. The van der Waals surface area contributed by atoms with Crippen molar-refractivity contribution in [2.75, 3.05) is 0 Å². The lowest BCUT2D eigenvalue weighted by molar-refractivity contribution is -0.140. The molecular formula is C11H7NO4. The number of imide groups is 3. The summed E-state index contributed by atoms with van der Waals surface area (Å²) in [5.41, 5.74) is 0.309. The van der Waals surface area contributed by atoms with Crippen LogP contribution in [0.3, 0.4) is 0 Å². The topological polar surface area (TPSA) is 71.5 Å². The zero-order valence-corrected chi connectivity index (χ0v) is 8.39. The number of ketones is 1. The number of fused-ring (bicyclic) bond motifs is 1. The summed E-state index contributed by atoms with van der Waals surface area (Å²) in [6, 6.07) is 6.07. The Kier molecular flexibility index (Phi) is 2.16. The Bertz CT molecular complexity index is 498. The van der Waals surface area contributed by atoms with Gasteiger partial charge < -0.3 is 0 Å². The average Bonchev–Trinajstić information content (AvgIpc) is 2.52. The SMILES string of the molecule is CC(=O)C(=O)N1C(=O)c2ccccc2C1=O. The van der Waals surface area contributed by atoms with Crippen molar-refractivity contribution in [1.29, 1.82) is 0 Å². The van der Waals surface area contributed by atoms with E-state index in [9.17, 15) is 19.2 Å². The summed E-state index contributed by atoms with van der Waals surface area (Å²) in [5.74, 6) is -3.40. The van der Waals surface area contributed by atoms with Gasteiger partial charge >= 0.3 is 5.91 Å². The van der Waals surface area contributed by atoms with Crippen molar-refractivity contribution in [3.63, 3.8) is 0 Å². The first-order valence-corrected chi connectivity index (χ1v) is 4.56. The molecule has 1 aromatic rings. The van der Waals surface area contributed by atoms with Gasteiger partial charge in [-0.2, -0.15) is 0 Å². The Balaban J connectivity index is 2.51. The molecule has 0 saturated heterocycles. The van der Waals surface area contributed by atoms with Crippen molar-refractivity contribution in [2.45, 2.75) is 6.92 Å². The smallest absolute Gasteiger partial charge is 0.289 e. The van der Waals surface area contributed by atoms with E-state index in [0.717, 1.165) is 6.92 Å². The quantitative estimate of drug-likeness (QED) is 0.504. The third-order valence-corrected chi connectivity index (χ3v) is 2.30. The van der Waals surface area contributed by atoms with Crippen LogP contribution >= 0.6 is 0 Å². The predicted octanol–water partition coefficient (Wildman–Crippen LogP) is 0.398. The second kappa shape index (κ2) is 3.37. The molecule has 5 heteroatoms. The fourth-order valence-electron chi connectivity index (χ4n) is 1.53. The standard InChI is InChI=1S/C11H7NO4/c1-6(13)9(14)12-10(15)7-4-2-3-5-8(7)11(12)16/h2-5H,1H3. The van der Waals surface area contributed by atoms with Crippen molar-refractivity contribution < 1.29 is 19.2 Å². The van der Waals surface area contributed by atoms with Gasteiger partial charge in [0.25, 0.3) is 11.8 Å². The maximum absolute atomic E-state index is 11.7. The minimum atomic E-state index is -1.09. The number of rotatable bonds is 1. The van der Waals surface area contributed by atoms with Crippen LogP contribution in [-0.2, 0) is 9.59 Å². The number of hydrogen-bond acceptors (Lipinski definition) is 4. The summed E-state index contributed by atoms with van der Waals surface area (Å²) < 4.78 is 0. The highest BCUT2D eigenvalue weighted by Gasteiger charge is 2.40. The second-order valence-corrected chi connectivity index (χ2v) is 3.35. The van der Waals surface area contributed by atoms with Crippen LogP contribution in [0.25, 0.3) is 0 Å². The minimum Gasteiger partial charge on any atom is -0.289 e. The fraction of sp³-hybridized carbons (Fsp3) is 0.0909. The third kappa shape index (κ3) is 1.25. The first-order chi connectivity index (χ1) is 7.54. The molecule has 5 nitrogen and oxygen atoms in total. The van der Waals surface area contributed by atoms with E-state index in [1.807, 2.05) is 0 Å². The summed E-state index contributed by atoms with van der Waals surface area (Å²) in [6.45, 7) is 1.02. The molecule has 0 N–H and O–H groups in total. The van der Waals surface area contributed by atoms with E-state index in [1.54, 1.807) is 12.1 Å². The number of carbonyl (C=O) groups is 4. The molecule has 0 radical (unpaired) electrons. The van der Waals surface area contributed by atoms with Crippen molar-refractivity contribution in [2.24, 2.45) is 0 Å². The van der Waals surface area contributed by atoms with Gasteiger partial charge in [0.05, 0.1) is 11.1 Å². The molecule has 0 spiro atoms. The number of carbonyl (C=O) groups excluding carboxylic acids is 4. The molecule has 1 heterocycles. The maximum Gasteiger partial charge on any atom is 0.303 e. The molecule has 1 aliphatic heterocycles. The van der Waals surface area contributed by atoms with Crippen molar-refractivity contribution in [3.05, 3.63) is 35.4 Å². The third-order valence-electron chi connectivity index (χ3n) is 2.30. The van der Waals surface area contributed by atoms with Gasteiger partial charge in [0.1, 0.15) is 0 Å². The Morgan fingerprint density at radius 3 is 1.81 bits per heavy atom. The van der Waals surface area contributed by atoms with Crippen molar-refractivity contribution in [1.82, 2.24) is 4.90 Å². The summed E-state index contributed by atoms with van der Waals surface area (Å²) >= 11 is 0. The van der Waals surface area contributed by atoms with Gasteiger partial charge in [0.15, 0.2) is 0 Å². The van der Waals surface area contributed by atoms with Gasteiger partial charge in [-0.1, -0.05) is 12.1 Å². The molecule has 2 rings (SSSR count). The van der Waals surface area contributed by atoms with Crippen LogP contribution in [0, 0.1) is 0 Å². The van der Waals surface area contributed by atoms with Gasteiger partial charge in [-0.05, 0) is 12.1 Å². The predicted molar refractivity (Wildman–Crippen MR) is 52.6 cm³/mol. The van der Waals surface area contributed by atoms with E-state index in [4.69, 9.17) is 0 Å². The molecule has 0 fully saturated rings. The summed E-state index contributed by atoms with van der Waals surface area (Å²) in [7, 11) is 0. The first-order valence-electron chi connectivity index (χ1n) is 4.56. The molecule has 1 aromatic carbocycles. The highest BCUT2D eigenvalue weighted by molar-refractivity contribution is 6.45. The lowest BCUT2D eigenvalue weighted by Crippen LogP contribution is -2.39. The van der Waals surface area contributed by atoms with E-state index < -0.39 is 23.5 Å². The van der Waals surface area contributed by atoms with E-state index in [0.29, 0.717) is 4.90 Å². The highest BCUT2D eigenvalue weighted by Crippen LogP contribution is 2.22. The highest BCUT2D eigenvalue weighted by atomic mass is 16.2. The molecule has 0 atom stereocenters. The largest absolute Gasteiger partial charge is 0.303 e. The lowest BCUT2D eigenvalue weighted by Gasteiger charge is -2.08. The Morgan fingerprint density at radius 2 is 1.44 bits per heavy atom. The summed E-state index contributed by atoms with van der Waals surface area (Å²) in [6.07, 6.45) is 0. The minimum absolute atomic E-state index is 0.155. The van der Waals surface area contributed by atoms with Crippen molar-refractivity contribution >= 4 is 23.5 Å². The van der Waals surface area contributed by atoms with E-state index >= 15 is 0 Å². The zero-order chi connectivity index (χ0) is 11.9.